The van der Waals surface area contributed by atoms with Crippen LogP contribution in [0.4, 0.5) is 5.69 Å². The van der Waals surface area contributed by atoms with Crippen LogP contribution in [0.3, 0.4) is 0 Å². The van der Waals surface area contributed by atoms with Gasteiger partial charge in [0.1, 0.15) is 11.1 Å². The zero-order valence-electron chi connectivity index (χ0n) is 12.7. The van der Waals surface area contributed by atoms with E-state index in [-0.39, 0.29) is 12.2 Å². The molecule has 1 aromatic heterocycles. The number of fused-ring (bicyclic) bond motifs is 1. The van der Waals surface area contributed by atoms with Crippen molar-refractivity contribution >= 4 is 67.8 Å². The first-order valence-corrected chi connectivity index (χ1v) is 10.3. The van der Waals surface area contributed by atoms with Crippen molar-refractivity contribution in [3.8, 4) is 0 Å². The van der Waals surface area contributed by atoms with Crippen LogP contribution < -0.4 is 10.5 Å². The molecule has 0 aliphatic heterocycles. The molecule has 124 valence electrons. The number of benzene rings is 1. The fourth-order valence-electron chi connectivity index (χ4n) is 2.22. The van der Waals surface area contributed by atoms with E-state index in [9.17, 15) is 9.59 Å². The van der Waals surface area contributed by atoms with Gasteiger partial charge < -0.3 is 14.1 Å². The fourth-order valence-corrected chi connectivity index (χ4v) is 3.39. The highest BCUT2D eigenvalue weighted by molar-refractivity contribution is 14.1. The quantitative estimate of drug-likeness (QED) is 0.232. The SMILES string of the molecule is CCOC(=O)c1cc2ccc(N(CCI)CCI)cc2oc1=O. The Kier molecular flexibility index (Phi) is 7.12. The molecule has 7 heteroatoms. The number of carbonyl (C=O) groups is 1. The molecule has 0 atom stereocenters. The molecule has 0 unspecified atom stereocenters. The monoisotopic (exact) mass is 541 g/mol. The number of hydrogen-bond acceptors (Lipinski definition) is 5. The van der Waals surface area contributed by atoms with Crippen molar-refractivity contribution < 1.29 is 13.9 Å². The van der Waals surface area contributed by atoms with Crippen LogP contribution in [0.5, 0.6) is 0 Å². The number of ether oxygens (including phenoxy) is 1. The third kappa shape index (κ3) is 4.59. The Morgan fingerprint density at radius 1 is 1.22 bits per heavy atom. The molecule has 0 N–H and O–H groups in total. The van der Waals surface area contributed by atoms with Crippen molar-refractivity contribution in [1.82, 2.24) is 0 Å². The average molecular weight is 541 g/mol. The summed E-state index contributed by atoms with van der Waals surface area (Å²) in [7, 11) is 0. The van der Waals surface area contributed by atoms with Gasteiger partial charge in [-0.15, -0.1) is 0 Å². The molecule has 23 heavy (non-hydrogen) atoms. The molecule has 0 spiro atoms. The van der Waals surface area contributed by atoms with E-state index < -0.39 is 11.6 Å². The van der Waals surface area contributed by atoms with Gasteiger partial charge in [0.05, 0.1) is 6.61 Å². The maximum absolute atomic E-state index is 12.0. The zero-order valence-corrected chi connectivity index (χ0v) is 17.0. The minimum atomic E-state index is -0.664. The summed E-state index contributed by atoms with van der Waals surface area (Å²) >= 11 is 4.69. The summed E-state index contributed by atoms with van der Waals surface area (Å²) in [5, 5.41) is 0.709. The number of halogens is 2. The Bertz CT molecular complexity index is 738. The Labute approximate surface area is 161 Å². The Morgan fingerprint density at radius 3 is 2.52 bits per heavy atom. The van der Waals surface area contributed by atoms with E-state index in [1.807, 2.05) is 18.2 Å². The molecule has 2 rings (SSSR count). The van der Waals surface area contributed by atoms with E-state index in [1.165, 1.54) is 6.07 Å². The molecule has 2 aromatic rings. The molecule has 0 bridgehead atoms. The lowest BCUT2D eigenvalue weighted by Gasteiger charge is -2.23. The van der Waals surface area contributed by atoms with Gasteiger partial charge in [-0.2, -0.15) is 0 Å². The van der Waals surface area contributed by atoms with E-state index >= 15 is 0 Å². The molecule has 5 nitrogen and oxygen atoms in total. The van der Waals surface area contributed by atoms with Gasteiger partial charge in [0.2, 0.25) is 0 Å². The van der Waals surface area contributed by atoms with Gasteiger partial charge >= 0.3 is 11.6 Å². The van der Waals surface area contributed by atoms with Gasteiger partial charge in [0.15, 0.2) is 0 Å². The van der Waals surface area contributed by atoms with Crippen molar-refractivity contribution in [2.45, 2.75) is 6.92 Å². The summed E-state index contributed by atoms with van der Waals surface area (Å²) in [4.78, 5) is 26.0. The lowest BCUT2D eigenvalue weighted by atomic mass is 10.1. The van der Waals surface area contributed by atoms with Crippen molar-refractivity contribution in [2.75, 3.05) is 33.5 Å². The smallest absolute Gasteiger partial charge is 0.351 e. The molecule has 0 amide bonds. The normalized spacial score (nSPS) is 10.7. The maximum atomic E-state index is 12.0. The van der Waals surface area contributed by atoms with E-state index in [0.29, 0.717) is 11.0 Å². The van der Waals surface area contributed by atoms with Crippen LogP contribution >= 0.6 is 45.2 Å². The van der Waals surface area contributed by atoms with E-state index in [4.69, 9.17) is 9.15 Å². The van der Waals surface area contributed by atoms with Crippen LogP contribution in [0.25, 0.3) is 11.0 Å². The molecule has 0 saturated heterocycles. The zero-order chi connectivity index (χ0) is 16.8. The average Bonchev–Trinajstić information content (AvgIpc) is 2.53. The topological polar surface area (TPSA) is 59.8 Å². The van der Waals surface area contributed by atoms with Crippen LogP contribution in [0.1, 0.15) is 17.3 Å². The minimum Gasteiger partial charge on any atom is -0.462 e. The third-order valence-corrected chi connectivity index (χ3v) is 4.25. The second kappa shape index (κ2) is 8.86. The summed E-state index contributed by atoms with van der Waals surface area (Å²) in [5.41, 5.74) is 0.760. The Morgan fingerprint density at radius 2 is 1.91 bits per heavy atom. The molecule has 0 aliphatic carbocycles. The summed E-state index contributed by atoms with van der Waals surface area (Å²) in [6.45, 7) is 3.78. The number of rotatable bonds is 7. The third-order valence-electron chi connectivity index (χ3n) is 3.29. The number of anilines is 1. The molecule has 0 aliphatic rings. The standard InChI is InChI=1S/C16H17I2NO4/c1-2-22-15(20)13-9-11-3-4-12(10-14(11)23-16(13)21)19(7-5-17)8-6-18/h3-4,9-10H,2,5-8H2,1H3. The van der Waals surface area contributed by atoms with Crippen molar-refractivity contribution in [1.29, 1.82) is 0 Å². The number of carbonyl (C=O) groups excluding carboxylic acids is 1. The highest BCUT2D eigenvalue weighted by Gasteiger charge is 2.15. The van der Waals surface area contributed by atoms with Crippen LogP contribution in [-0.4, -0.2) is 34.5 Å². The van der Waals surface area contributed by atoms with Crippen molar-refractivity contribution in [2.24, 2.45) is 0 Å². The first-order valence-electron chi connectivity index (χ1n) is 7.22. The summed E-state index contributed by atoms with van der Waals surface area (Å²) in [5.74, 6) is -0.649. The number of hydrogen-bond donors (Lipinski definition) is 0. The predicted molar refractivity (Wildman–Crippen MR) is 108 cm³/mol. The van der Waals surface area contributed by atoms with Crippen LogP contribution in [-0.2, 0) is 4.74 Å². The lowest BCUT2D eigenvalue weighted by molar-refractivity contribution is 0.0522. The largest absolute Gasteiger partial charge is 0.462 e. The Balaban J connectivity index is 2.43. The van der Waals surface area contributed by atoms with Gasteiger partial charge in [-0.25, -0.2) is 9.59 Å². The highest BCUT2D eigenvalue weighted by Crippen LogP contribution is 2.22. The highest BCUT2D eigenvalue weighted by atomic mass is 127. The number of nitrogens with zero attached hydrogens (tertiary/aromatic N) is 1. The molecular formula is C16H17I2NO4. The molecule has 1 aromatic carbocycles. The molecule has 0 fully saturated rings. The molecule has 1 heterocycles. The van der Waals surface area contributed by atoms with E-state index in [0.717, 1.165) is 27.6 Å². The van der Waals surface area contributed by atoms with Gasteiger partial charge in [0.25, 0.3) is 0 Å². The number of esters is 1. The van der Waals surface area contributed by atoms with Crippen LogP contribution in [0.2, 0.25) is 0 Å². The molecular weight excluding hydrogens is 524 g/mol. The van der Waals surface area contributed by atoms with Crippen LogP contribution in [0.15, 0.2) is 33.5 Å². The van der Waals surface area contributed by atoms with E-state index in [1.54, 1.807) is 6.92 Å². The molecule has 0 saturated carbocycles. The predicted octanol–water partition coefficient (Wildman–Crippen LogP) is 3.65. The first kappa shape index (κ1) is 18.5. The second-order valence-corrected chi connectivity index (χ2v) is 6.91. The second-order valence-electron chi connectivity index (χ2n) is 4.76. The number of alkyl halides is 2. The van der Waals surface area contributed by atoms with Gasteiger partial charge in [-0.3, -0.25) is 0 Å². The summed E-state index contributed by atoms with van der Waals surface area (Å²) in [6.07, 6.45) is 0. The van der Waals surface area contributed by atoms with Crippen molar-refractivity contribution in [3.05, 3.63) is 40.2 Å². The van der Waals surface area contributed by atoms with Crippen molar-refractivity contribution in [3.63, 3.8) is 0 Å². The summed E-state index contributed by atoms with van der Waals surface area (Å²) in [6, 6.07) is 7.23. The fraction of sp³-hybridized carbons (Fsp3) is 0.375. The van der Waals surface area contributed by atoms with Gasteiger partial charge in [-0.05, 0) is 25.1 Å². The maximum Gasteiger partial charge on any atom is 0.351 e. The van der Waals surface area contributed by atoms with Gasteiger partial charge in [-0.1, -0.05) is 45.2 Å². The van der Waals surface area contributed by atoms with Crippen LogP contribution in [0, 0.1) is 0 Å². The van der Waals surface area contributed by atoms with Gasteiger partial charge in [0, 0.05) is 39.1 Å². The lowest BCUT2D eigenvalue weighted by Crippen LogP contribution is -2.27. The summed E-state index contributed by atoms with van der Waals surface area (Å²) < 4.78 is 12.2. The minimum absolute atomic E-state index is 0.0662. The van der Waals surface area contributed by atoms with E-state index in [2.05, 4.69) is 50.1 Å². The first-order chi connectivity index (χ1) is 11.1. The Hall–Kier alpha value is -0.840. The molecule has 0 radical (unpaired) electrons.